The number of aromatic nitrogens is 2. The van der Waals surface area contributed by atoms with Gasteiger partial charge >= 0.3 is 0 Å². The van der Waals surface area contributed by atoms with Crippen LogP contribution < -0.4 is 0 Å². The molecule has 3 amide bonds. The molecular formula is C19H21N5O5S. The minimum absolute atomic E-state index is 0.107. The van der Waals surface area contributed by atoms with Crippen molar-refractivity contribution in [3.05, 3.63) is 47.8 Å². The Morgan fingerprint density at radius 1 is 1.03 bits per heavy atom. The van der Waals surface area contributed by atoms with Crippen LogP contribution in [0.1, 0.15) is 27.1 Å². The monoisotopic (exact) mass is 431 g/mol. The molecule has 1 saturated heterocycles. The molecule has 0 aliphatic carbocycles. The third-order valence-electron chi connectivity index (χ3n) is 5.30. The summed E-state index contributed by atoms with van der Waals surface area (Å²) in [5.41, 5.74) is 0.583. The van der Waals surface area contributed by atoms with Crippen LogP contribution in [0.2, 0.25) is 0 Å². The Kier molecular flexibility index (Phi) is 5.16. The average molecular weight is 431 g/mol. The van der Waals surface area contributed by atoms with Gasteiger partial charge in [-0.1, -0.05) is 12.1 Å². The number of sulfonamides is 1. The van der Waals surface area contributed by atoms with Crippen LogP contribution in [0, 0.1) is 0 Å². The zero-order valence-corrected chi connectivity index (χ0v) is 17.2. The van der Waals surface area contributed by atoms with E-state index in [9.17, 15) is 22.8 Å². The van der Waals surface area contributed by atoms with Gasteiger partial charge < -0.3 is 4.90 Å². The molecule has 10 nitrogen and oxygen atoms in total. The van der Waals surface area contributed by atoms with Gasteiger partial charge in [-0.05, 0) is 18.6 Å². The summed E-state index contributed by atoms with van der Waals surface area (Å²) in [6.07, 6.45) is 3.18. The molecule has 2 aliphatic heterocycles. The van der Waals surface area contributed by atoms with Gasteiger partial charge in [-0.25, -0.2) is 8.42 Å². The normalized spacial score (nSPS) is 17.9. The number of aryl methyl sites for hydroxylation is 1. The van der Waals surface area contributed by atoms with Crippen molar-refractivity contribution < 1.29 is 22.8 Å². The molecule has 30 heavy (non-hydrogen) atoms. The van der Waals surface area contributed by atoms with Crippen molar-refractivity contribution in [3.63, 3.8) is 0 Å². The Bertz CT molecular complexity index is 1090. The molecule has 0 unspecified atom stereocenters. The lowest BCUT2D eigenvalue weighted by molar-refractivity contribution is -0.131. The highest BCUT2D eigenvalue weighted by Crippen LogP contribution is 2.23. The van der Waals surface area contributed by atoms with Gasteiger partial charge in [-0.15, -0.1) is 0 Å². The molecule has 0 saturated carbocycles. The lowest BCUT2D eigenvalue weighted by atomic mass is 10.1. The molecule has 0 N–H and O–H groups in total. The second-order valence-corrected chi connectivity index (χ2v) is 9.17. The summed E-state index contributed by atoms with van der Waals surface area (Å²) >= 11 is 0. The summed E-state index contributed by atoms with van der Waals surface area (Å²) in [5.74, 6) is -1.36. The first-order valence-corrected chi connectivity index (χ1v) is 10.9. The smallest absolute Gasteiger partial charge is 0.262 e. The maximum atomic E-state index is 12.8. The first-order valence-electron chi connectivity index (χ1n) is 9.51. The second kappa shape index (κ2) is 7.65. The number of rotatable bonds is 4. The molecule has 2 aliphatic rings. The molecular weight excluding hydrogens is 410 g/mol. The predicted molar refractivity (Wildman–Crippen MR) is 105 cm³/mol. The molecule has 0 atom stereocenters. The number of imide groups is 1. The standard InChI is InChI=1S/C19H21N5O5S/c1-21-12-14(11-20-21)30(28,29)23-8-4-7-22(9-10-23)17(25)13-24-18(26)15-5-2-3-6-16(15)19(24)27/h2-3,5-6,11-12H,4,7-10,13H2,1H3. The fourth-order valence-electron chi connectivity index (χ4n) is 3.68. The lowest BCUT2D eigenvalue weighted by Crippen LogP contribution is -2.44. The highest BCUT2D eigenvalue weighted by atomic mass is 32.2. The molecule has 2 aromatic rings. The van der Waals surface area contributed by atoms with Crippen LogP contribution in [-0.4, -0.2) is 82.7 Å². The van der Waals surface area contributed by atoms with E-state index in [-0.39, 0.29) is 37.0 Å². The van der Waals surface area contributed by atoms with Crippen molar-refractivity contribution in [2.45, 2.75) is 11.3 Å². The third kappa shape index (κ3) is 3.50. The molecule has 1 aromatic heterocycles. The minimum atomic E-state index is -3.70. The minimum Gasteiger partial charge on any atom is -0.340 e. The van der Waals surface area contributed by atoms with E-state index in [0.29, 0.717) is 24.1 Å². The molecule has 0 bridgehead atoms. The van der Waals surface area contributed by atoms with Gasteiger partial charge in [0.2, 0.25) is 15.9 Å². The van der Waals surface area contributed by atoms with E-state index < -0.39 is 21.8 Å². The summed E-state index contributed by atoms with van der Waals surface area (Å²) in [6.45, 7) is 0.573. The van der Waals surface area contributed by atoms with E-state index in [1.165, 1.54) is 26.3 Å². The fraction of sp³-hybridized carbons (Fsp3) is 0.368. The van der Waals surface area contributed by atoms with Crippen LogP contribution in [0.25, 0.3) is 0 Å². The number of nitrogens with zero attached hydrogens (tertiary/aromatic N) is 5. The Morgan fingerprint density at radius 2 is 1.70 bits per heavy atom. The molecule has 0 radical (unpaired) electrons. The number of fused-ring (bicyclic) bond motifs is 1. The van der Waals surface area contributed by atoms with E-state index in [0.717, 1.165) is 4.90 Å². The molecule has 1 fully saturated rings. The predicted octanol–water partition coefficient (Wildman–Crippen LogP) is -0.0607. The SMILES string of the molecule is Cn1cc(S(=O)(=O)N2CCCN(C(=O)CN3C(=O)c4ccccc4C3=O)CC2)cn1. The number of benzene rings is 1. The Hall–Kier alpha value is -3.05. The van der Waals surface area contributed by atoms with Gasteiger partial charge in [0.25, 0.3) is 11.8 Å². The Morgan fingerprint density at radius 3 is 2.30 bits per heavy atom. The fourth-order valence-corrected chi connectivity index (χ4v) is 5.14. The largest absolute Gasteiger partial charge is 0.340 e. The topological polar surface area (TPSA) is 113 Å². The molecule has 0 spiro atoms. The lowest BCUT2D eigenvalue weighted by Gasteiger charge is -2.23. The van der Waals surface area contributed by atoms with E-state index >= 15 is 0 Å². The van der Waals surface area contributed by atoms with Crippen LogP contribution >= 0.6 is 0 Å². The van der Waals surface area contributed by atoms with Crippen molar-refractivity contribution >= 4 is 27.7 Å². The highest BCUT2D eigenvalue weighted by molar-refractivity contribution is 7.89. The van der Waals surface area contributed by atoms with Crippen LogP contribution in [0.5, 0.6) is 0 Å². The van der Waals surface area contributed by atoms with Crippen molar-refractivity contribution in [1.82, 2.24) is 23.9 Å². The molecule has 158 valence electrons. The Balaban J connectivity index is 1.42. The number of carbonyl (C=O) groups is 3. The van der Waals surface area contributed by atoms with Gasteiger partial charge in [0.05, 0.1) is 17.3 Å². The maximum Gasteiger partial charge on any atom is 0.262 e. The van der Waals surface area contributed by atoms with Crippen LogP contribution in [0.4, 0.5) is 0 Å². The zero-order chi connectivity index (χ0) is 21.5. The van der Waals surface area contributed by atoms with Gasteiger partial charge in [-0.3, -0.25) is 24.0 Å². The summed E-state index contributed by atoms with van der Waals surface area (Å²) in [6, 6.07) is 6.46. The van der Waals surface area contributed by atoms with E-state index in [4.69, 9.17) is 0 Å². The van der Waals surface area contributed by atoms with Gasteiger partial charge in [0, 0.05) is 39.4 Å². The zero-order valence-electron chi connectivity index (χ0n) is 16.4. The number of hydrogen-bond acceptors (Lipinski definition) is 6. The van der Waals surface area contributed by atoms with E-state index in [1.54, 1.807) is 31.3 Å². The van der Waals surface area contributed by atoms with Crippen molar-refractivity contribution in [1.29, 1.82) is 0 Å². The van der Waals surface area contributed by atoms with Crippen molar-refractivity contribution in [3.8, 4) is 0 Å². The van der Waals surface area contributed by atoms with Crippen LogP contribution in [0.3, 0.4) is 0 Å². The van der Waals surface area contributed by atoms with E-state index in [1.807, 2.05) is 0 Å². The third-order valence-corrected chi connectivity index (χ3v) is 7.15. The van der Waals surface area contributed by atoms with Gasteiger partial charge in [0.1, 0.15) is 11.4 Å². The van der Waals surface area contributed by atoms with Crippen molar-refractivity contribution in [2.75, 3.05) is 32.7 Å². The highest BCUT2D eigenvalue weighted by Gasteiger charge is 2.37. The summed E-state index contributed by atoms with van der Waals surface area (Å²) in [7, 11) is -2.06. The number of amides is 3. The van der Waals surface area contributed by atoms with Gasteiger partial charge in [-0.2, -0.15) is 9.40 Å². The summed E-state index contributed by atoms with van der Waals surface area (Å²) < 4.78 is 28.3. The van der Waals surface area contributed by atoms with E-state index in [2.05, 4.69) is 5.10 Å². The second-order valence-electron chi connectivity index (χ2n) is 7.23. The number of hydrogen-bond donors (Lipinski definition) is 0. The van der Waals surface area contributed by atoms with Gasteiger partial charge in [0.15, 0.2) is 0 Å². The molecule has 3 heterocycles. The molecule has 4 rings (SSSR count). The first-order chi connectivity index (χ1) is 14.3. The molecule has 11 heteroatoms. The Labute approximate surface area is 173 Å². The number of carbonyl (C=O) groups excluding carboxylic acids is 3. The van der Waals surface area contributed by atoms with Crippen molar-refractivity contribution in [2.24, 2.45) is 7.05 Å². The maximum absolute atomic E-state index is 12.8. The summed E-state index contributed by atoms with van der Waals surface area (Å²) in [5, 5.41) is 3.91. The summed E-state index contributed by atoms with van der Waals surface area (Å²) in [4.78, 5) is 40.3. The average Bonchev–Trinajstić information content (AvgIpc) is 3.14. The molecule has 1 aromatic carbocycles. The van der Waals surface area contributed by atoms with Crippen LogP contribution in [-0.2, 0) is 21.9 Å². The van der Waals surface area contributed by atoms with Crippen LogP contribution in [0.15, 0.2) is 41.6 Å². The quantitative estimate of drug-likeness (QED) is 0.627. The first kappa shape index (κ1) is 20.2.